The first-order valence-electron chi connectivity index (χ1n) is 13.7. The Hall–Kier alpha value is -3.71. The Labute approximate surface area is 231 Å². The van der Waals surface area contributed by atoms with E-state index in [1.54, 1.807) is 17.1 Å². The van der Waals surface area contributed by atoms with Crippen molar-refractivity contribution in [3.05, 3.63) is 97.1 Å². The van der Waals surface area contributed by atoms with E-state index in [4.69, 9.17) is 4.74 Å². The summed E-state index contributed by atoms with van der Waals surface area (Å²) in [5.41, 5.74) is 1.80. The highest BCUT2D eigenvalue weighted by molar-refractivity contribution is 5.86. The third-order valence-corrected chi connectivity index (χ3v) is 7.15. The molecular weight excluding hydrogens is 492 g/mol. The van der Waals surface area contributed by atoms with Crippen molar-refractivity contribution < 1.29 is 24.2 Å². The first kappa shape index (κ1) is 29.8. The van der Waals surface area contributed by atoms with E-state index in [1.165, 1.54) is 0 Å². The number of rotatable bonds is 15. The van der Waals surface area contributed by atoms with Crippen LogP contribution in [0.25, 0.3) is 0 Å². The van der Waals surface area contributed by atoms with Crippen molar-refractivity contribution in [2.24, 2.45) is 11.8 Å². The first-order chi connectivity index (χ1) is 19.0. The Kier molecular flexibility index (Phi) is 12.0. The summed E-state index contributed by atoms with van der Waals surface area (Å²) in [6.45, 7) is 8.14. The molecule has 2 aromatic rings. The van der Waals surface area contributed by atoms with E-state index in [-0.39, 0.29) is 43.4 Å². The molecule has 39 heavy (non-hydrogen) atoms. The van der Waals surface area contributed by atoms with Gasteiger partial charge >= 0.3 is 5.97 Å². The first-order valence-corrected chi connectivity index (χ1v) is 13.7. The predicted molar refractivity (Wildman–Crippen MR) is 151 cm³/mol. The van der Waals surface area contributed by atoms with Crippen LogP contribution in [0, 0.1) is 11.8 Å². The fourth-order valence-corrected chi connectivity index (χ4v) is 5.00. The normalized spacial score (nSPS) is 17.1. The number of aliphatic hydroxyl groups excluding tert-OH is 1. The number of benzene rings is 2. The lowest BCUT2D eigenvalue weighted by Crippen LogP contribution is -2.41. The highest BCUT2D eigenvalue weighted by Crippen LogP contribution is 2.24. The number of hydrogen-bond donors (Lipinski definition) is 2. The number of aliphatic hydroxyl groups is 1. The van der Waals surface area contributed by atoms with Gasteiger partial charge in [0.1, 0.15) is 6.10 Å². The largest absolute Gasteiger partial charge is 0.455 e. The second kappa shape index (κ2) is 15.6. The van der Waals surface area contributed by atoms with Crippen LogP contribution in [0.15, 0.2) is 86.0 Å². The fourth-order valence-electron chi connectivity index (χ4n) is 5.00. The number of esters is 1. The van der Waals surface area contributed by atoms with Crippen LogP contribution in [-0.4, -0.2) is 53.5 Å². The lowest BCUT2D eigenvalue weighted by Gasteiger charge is -2.26. The van der Waals surface area contributed by atoms with Crippen molar-refractivity contribution in [1.82, 2.24) is 10.2 Å². The number of carbonyl (C=O) groups is 3. The molecule has 1 fully saturated rings. The molecule has 4 atom stereocenters. The highest BCUT2D eigenvalue weighted by atomic mass is 16.5. The van der Waals surface area contributed by atoms with Crippen LogP contribution in [-0.2, 0) is 25.5 Å². The molecule has 0 radical (unpaired) electrons. The summed E-state index contributed by atoms with van der Waals surface area (Å²) >= 11 is 0. The summed E-state index contributed by atoms with van der Waals surface area (Å²) in [5, 5.41) is 12.5. The number of carbonyl (C=O) groups excluding carboxylic acids is 3. The molecule has 1 aliphatic rings. The van der Waals surface area contributed by atoms with E-state index in [0.717, 1.165) is 24.0 Å². The number of hydrogen-bond acceptors (Lipinski definition) is 5. The molecular formula is C32H40N2O5. The number of ether oxygens (including phenoxy) is 1. The minimum atomic E-state index is -0.692. The van der Waals surface area contributed by atoms with Gasteiger partial charge in [-0.05, 0) is 43.2 Å². The Morgan fingerprint density at radius 3 is 2.28 bits per heavy atom. The van der Waals surface area contributed by atoms with Crippen LogP contribution in [0.1, 0.15) is 49.3 Å². The minimum absolute atomic E-state index is 0.0304. The van der Waals surface area contributed by atoms with Gasteiger partial charge in [0.05, 0.1) is 31.0 Å². The lowest BCUT2D eigenvalue weighted by atomic mass is 9.96. The smallest absolute Gasteiger partial charge is 0.310 e. The summed E-state index contributed by atoms with van der Waals surface area (Å²) in [7, 11) is 0. The molecule has 0 aliphatic carbocycles. The van der Waals surface area contributed by atoms with Gasteiger partial charge in [-0.2, -0.15) is 0 Å². The van der Waals surface area contributed by atoms with E-state index < -0.39 is 17.9 Å². The zero-order chi connectivity index (χ0) is 28.0. The van der Waals surface area contributed by atoms with Crippen molar-refractivity contribution in [3.63, 3.8) is 0 Å². The number of nitrogens with one attached hydrogen (secondary N) is 1. The zero-order valence-corrected chi connectivity index (χ0v) is 22.5. The molecule has 208 valence electrons. The standard InChI is InChI=1S/C32H40N2O5/c1-3-12-26(21-30(36)34-19-11-18-28(34)23-35)31(37)33-22-29(25-16-9-6-10-17-25)39-32(38)27(13-4-2)20-24-14-7-5-8-15-24/h3-10,14-17,26-29,35H,1-2,11-13,18-23H2,(H,33,37)/t26-,27+,28-,29+/m0/s1. The molecule has 3 rings (SSSR count). The Morgan fingerprint density at radius 2 is 1.64 bits per heavy atom. The van der Waals surface area contributed by atoms with E-state index in [1.807, 2.05) is 60.7 Å². The van der Waals surface area contributed by atoms with Gasteiger partial charge in [-0.3, -0.25) is 14.4 Å². The molecule has 7 heteroatoms. The molecule has 0 spiro atoms. The number of amides is 2. The van der Waals surface area contributed by atoms with Gasteiger partial charge in [0.25, 0.3) is 0 Å². The van der Waals surface area contributed by atoms with E-state index in [2.05, 4.69) is 18.5 Å². The van der Waals surface area contributed by atoms with Crippen molar-refractivity contribution in [2.75, 3.05) is 19.7 Å². The topological polar surface area (TPSA) is 95.9 Å². The molecule has 0 bridgehead atoms. The van der Waals surface area contributed by atoms with Gasteiger partial charge in [0.15, 0.2) is 0 Å². The predicted octanol–water partition coefficient (Wildman–Crippen LogP) is 4.39. The summed E-state index contributed by atoms with van der Waals surface area (Å²) in [6.07, 6.45) is 5.62. The monoisotopic (exact) mass is 532 g/mol. The SMILES string of the molecule is C=CC[C@@H](CC(=O)N1CCC[C@H]1CO)C(=O)NC[C@@H](OC(=O)[C@H](CC=C)Cc1ccccc1)c1ccccc1. The second-order valence-corrected chi connectivity index (χ2v) is 9.98. The van der Waals surface area contributed by atoms with Crippen LogP contribution in [0.5, 0.6) is 0 Å². The quantitative estimate of drug-likeness (QED) is 0.262. The van der Waals surface area contributed by atoms with Crippen molar-refractivity contribution >= 4 is 17.8 Å². The van der Waals surface area contributed by atoms with Gasteiger partial charge < -0.3 is 20.1 Å². The Balaban J connectivity index is 1.68. The molecule has 0 saturated carbocycles. The molecule has 2 N–H and O–H groups in total. The van der Waals surface area contributed by atoms with E-state index in [9.17, 15) is 19.5 Å². The second-order valence-electron chi connectivity index (χ2n) is 9.98. The molecule has 1 aliphatic heterocycles. The molecule has 1 heterocycles. The van der Waals surface area contributed by atoms with Crippen molar-refractivity contribution in [1.29, 1.82) is 0 Å². The van der Waals surface area contributed by atoms with Crippen LogP contribution < -0.4 is 5.32 Å². The number of likely N-dealkylation sites (tertiary alicyclic amines) is 1. The van der Waals surface area contributed by atoms with Gasteiger partial charge in [-0.1, -0.05) is 72.8 Å². The van der Waals surface area contributed by atoms with E-state index >= 15 is 0 Å². The third-order valence-electron chi connectivity index (χ3n) is 7.15. The molecule has 7 nitrogen and oxygen atoms in total. The molecule has 1 saturated heterocycles. The lowest BCUT2D eigenvalue weighted by molar-refractivity contribution is -0.154. The maximum absolute atomic E-state index is 13.3. The van der Waals surface area contributed by atoms with Gasteiger partial charge in [-0.25, -0.2) is 0 Å². The summed E-state index contributed by atoms with van der Waals surface area (Å²) < 4.78 is 5.98. The van der Waals surface area contributed by atoms with Crippen LogP contribution >= 0.6 is 0 Å². The minimum Gasteiger partial charge on any atom is -0.455 e. The average molecular weight is 533 g/mol. The zero-order valence-electron chi connectivity index (χ0n) is 22.5. The summed E-state index contributed by atoms with van der Waals surface area (Å²) in [4.78, 5) is 41.1. The molecule has 2 amide bonds. The van der Waals surface area contributed by atoms with Crippen molar-refractivity contribution in [2.45, 2.75) is 50.7 Å². The number of allylic oxidation sites excluding steroid dienone is 2. The van der Waals surface area contributed by atoms with Gasteiger partial charge in [0, 0.05) is 13.0 Å². The molecule has 2 aromatic carbocycles. The van der Waals surface area contributed by atoms with E-state index in [0.29, 0.717) is 25.8 Å². The average Bonchev–Trinajstić information content (AvgIpc) is 3.45. The summed E-state index contributed by atoms with van der Waals surface area (Å²) in [6, 6.07) is 18.9. The fraction of sp³-hybridized carbons (Fsp3) is 0.406. The summed E-state index contributed by atoms with van der Waals surface area (Å²) in [5.74, 6) is -1.81. The Bertz CT molecular complexity index is 1090. The van der Waals surface area contributed by atoms with Crippen LogP contribution in [0.3, 0.4) is 0 Å². The molecule has 0 aromatic heterocycles. The Morgan fingerprint density at radius 1 is 1.00 bits per heavy atom. The van der Waals surface area contributed by atoms with Crippen molar-refractivity contribution in [3.8, 4) is 0 Å². The maximum atomic E-state index is 13.3. The van der Waals surface area contributed by atoms with Crippen LogP contribution in [0.4, 0.5) is 0 Å². The maximum Gasteiger partial charge on any atom is 0.310 e. The highest BCUT2D eigenvalue weighted by Gasteiger charge is 2.31. The van der Waals surface area contributed by atoms with Gasteiger partial charge in [-0.15, -0.1) is 13.2 Å². The van der Waals surface area contributed by atoms with Crippen LogP contribution in [0.2, 0.25) is 0 Å². The number of nitrogens with zero attached hydrogens (tertiary/aromatic N) is 1. The molecule has 0 unspecified atom stereocenters. The van der Waals surface area contributed by atoms with Gasteiger partial charge in [0.2, 0.25) is 11.8 Å². The third kappa shape index (κ3) is 8.93.